The van der Waals surface area contributed by atoms with Gasteiger partial charge in [-0.05, 0) is 29.8 Å². The molecule has 0 fully saturated rings. The smallest absolute Gasteiger partial charge is 0.356 e. The fourth-order valence-corrected chi connectivity index (χ4v) is 3.67. The van der Waals surface area contributed by atoms with E-state index >= 15 is 0 Å². The summed E-state index contributed by atoms with van der Waals surface area (Å²) < 4.78 is 4.86. The molecule has 3 rings (SSSR count). The molecule has 2 heterocycles. The van der Waals surface area contributed by atoms with Gasteiger partial charge in [0, 0.05) is 28.6 Å². The minimum absolute atomic E-state index is 0.259. The number of methoxy groups -OCH3 is 1. The van der Waals surface area contributed by atoms with Gasteiger partial charge >= 0.3 is 5.97 Å². The number of rotatable bonds is 5. The number of H-pyrrole nitrogens is 1. The lowest BCUT2D eigenvalue weighted by Crippen LogP contribution is -2.28. The van der Waals surface area contributed by atoms with Crippen molar-refractivity contribution in [1.29, 1.82) is 0 Å². The van der Waals surface area contributed by atoms with E-state index < -0.39 is 5.97 Å². The fraction of sp³-hybridized carbons (Fsp3) is 0.150. The van der Waals surface area contributed by atoms with E-state index in [1.54, 1.807) is 41.8 Å². The van der Waals surface area contributed by atoms with Crippen LogP contribution in [0.2, 0.25) is 0 Å². The van der Waals surface area contributed by atoms with Crippen molar-refractivity contribution in [2.75, 3.05) is 13.4 Å². The number of benzene rings is 1. The molecule has 2 aromatic heterocycles. The maximum absolute atomic E-state index is 12.5. The van der Waals surface area contributed by atoms with Gasteiger partial charge in [0.25, 0.3) is 5.91 Å². The molecular weight excluding hydrogens is 394 g/mol. The highest BCUT2D eigenvalue weighted by Crippen LogP contribution is 2.29. The second-order valence-electron chi connectivity index (χ2n) is 5.73. The van der Waals surface area contributed by atoms with Crippen molar-refractivity contribution in [3.05, 3.63) is 75.7 Å². The van der Waals surface area contributed by atoms with Crippen LogP contribution >= 0.6 is 23.1 Å². The molecule has 0 spiro atoms. The number of carbonyl (C=O) groups is 2. The Bertz CT molecular complexity index is 980. The van der Waals surface area contributed by atoms with Gasteiger partial charge in [0.2, 0.25) is 0 Å². The number of hydrogen-bond donors (Lipinski definition) is 2. The average Bonchev–Trinajstić information content (AvgIpc) is 3.38. The van der Waals surface area contributed by atoms with Gasteiger partial charge in [-0.1, -0.05) is 36.0 Å². The van der Waals surface area contributed by atoms with Gasteiger partial charge in [-0.15, -0.1) is 11.3 Å². The number of aromatic nitrogens is 1. The van der Waals surface area contributed by atoms with E-state index in [0.29, 0.717) is 22.8 Å². The van der Waals surface area contributed by atoms with Crippen molar-refractivity contribution in [3.63, 3.8) is 0 Å². The van der Waals surface area contributed by atoms with Gasteiger partial charge < -0.3 is 15.0 Å². The summed E-state index contributed by atoms with van der Waals surface area (Å²) in [6.07, 6.45) is 4.19. The number of aliphatic imine (C=N–C) groups is 1. The number of ether oxygens (including phenoxy) is 1. The maximum atomic E-state index is 12.5. The van der Waals surface area contributed by atoms with Crippen LogP contribution in [0, 0.1) is 0 Å². The Morgan fingerprint density at radius 2 is 2.00 bits per heavy atom. The van der Waals surface area contributed by atoms with Gasteiger partial charge in [0.15, 0.2) is 10.9 Å². The predicted molar refractivity (Wildman–Crippen MR) is 114 cm³/mol. The first-order valence-corrected chi connectivity index (χ1v) is 10.5. The number of nitrogens with one attached hydrogen (secondary N) is 2. The highest BCUT2D eigenvalue weighted by molar-refractivity contribution is 8.13. The predicted octanol–water partition coefficient (Wildman–Crippen LogP) is 4.23. The van der Waals surface area contributed by atoms with Gasteiger partial charge in [0.1, 0.15) is 5.69 Å². The molecule has 2 N–H and O–H groups in total. The van der Waals surface area contributed by atoms with E-state index in [9.17, 15) is 9.59 Å². The zero-order valence-electron chi connectivity index (χ0n) is 15.4. The molecule has 0 bridgehead atoms. The van der Waals surface area contributed by atoms with Crippen molar-refractivity contribution >= 4 is 45.8 Å². The summed E-state index contributed by atoms with van der Waals surface area (Å²) in [7, 11) is 1.32. The number of esters is 1. The quantitative estimate of drug-likeness (QED) is 0.372. The number of hydrogen-bond acceptors (Lipinski definition) is 6. The largest absolute Gasteiger partial charge is 0.464 e. The first-order valence-electron chi connectivity index (χ1n) is 8.42. The summed E-state index contributed by atoms with van der Waals surface area (Å²) in [4.78, 5) is 33.3. The maximum Gasteiger partial charge on any atom is 0.356 e. The molecular formula is C20H19N3O3S2. The molecule has 0 unspecified atom stereocenters. The van der Waals surface area contributed by atoms with Crippen molar-refractivity contribution in [2.24, 2.45) is 4.99 Å². The van der Waals surface area contributed by atoms with E-state index in [0.717, 1.165) is 10.4 Å². The second-order valence-corrected chi connectivity index (χ2v) is 7.55. The van der Waals surface area contributed by atoms with Crippen LogP contribution in [-0.4, -0.2) is 35.4 Å². The van der Waals surface area contributed by atoms with Gasteiger partial charge in [-0.25, -0.2) is 9.79 Å². The molecule has 0 atom stereocenters. The van der Waals surface area contributed by atoms with E-state index in [-0.39, 0.29) is 11.6 Å². The third kappa shape index (κ3) is 4.71. The van der Waals surface area contributed by atoms with E-state index in [1.807, 2.05) is 29.8 Å². The Labute approximate surface area is 171 Å². The molecule has 0 saturated carbocycles. The van der Waals surface area contributed by atoms with Crippen LogP contribution < -0.4 is 5.32 Å². The molecule has 144 valence electrons. The zero-order valence-corrected chi connectivity index (χ0v) is 17.0. The van der Waals surface area contributed by atoms with Crippen LogP contribution in [-0.2, 0) is 11.2 Å². The molecule has 0 aliphatic heterocycles. The number of nitrogens with zero attached hydrogens (tertiary/aromatic N) is 1. The van der Waals surface area contributed by atoms with Crippen molar-refractivity contribution in [2.45, 2.75) is 6.42 Å². The third-order valence-corrected chi connectivity index (χ3v) is 5.39. The average molecular weight is 414 g/mol. The molecule has 6 nitrogen and oxygen atoms in total. The van der Waals surface area contributed by atoms with Crippen LogP contribution in [0.5, 0.6) is 0 Å². The SMILES string of the molecule is COC(=O)c1[nH]cc(Cc2cccs2)c1N=C(NC(=O)c1ccccc1)SC. The topological polar surface area (TPSA) is 83.6 Å². The van der Waals surface area contributed by atoms with Crippen LogP contribution in [0.4, 0.5) is 5.69 Å². The summed E-state index contributed by atoms with van der Waals surface area (Å²) in [5.41, 5.74) is 2.11. The Morgan fingerprint density at radius 1 is 1.21 bits per heavy atom. The van der Waals surface area contributed by atoms with Crippen LogP contribution in [0.15, 0.2) is 59.0 Å². The van der Waals surface area contributed by atoms with Gasteiger partial charge in [-0.2, -0.15) is 0 Å². The molecule has 0 aliphatic carbocycles. The van der Waals surface area contributed by atoms with E-state index in [2.05, 4.69) is 15.3 Å². The number of thioether (sulfide) groups is 1. The zero-order chi connectivity index (χ0) is 19.9. The second kappa shape index (κ2) is 9.38. The monoisotopic (exact) mass is 413 g/mol. The molecule has 3 aromatic rings. The van der Waals surface area contributed by atoms with Crippen molar-refractivity contribution in [1.82, 2.24) is 10.3 Å². The Kier molecular flexibility index (Phi) is 6.67. The van der Waals surface area contributed by atoms with Gasteiger partial charge in [0.05, 0.1) is 7.11 Å². The molecule has 8 heteroatoms. The highest BCUT2D eigenvalue weighted by Gasteiger charge is 2.20. The van der Waals surface area contributed by atoms with E-state index in [4.69, 9.17) is 4.74 Å². The van der Waals surface area contributed by atoms with E-state index in [1.165, 1.54) is 18.9 Å². The first kappa shape index (κ1) is 19.9. The van der Waals surface area contributed by atoms with Crippen LogP contribution in [0.3, 0.4) is 0 Å². The molecule has 0 saturated heterocycles. The van der Waals surface area contributed by atoms with Crippen LogP contribution in [0.25, 0.3) is 0 Å². The number of aromatic amines is 1. The van der Waals surface area contributed by atoms with Crippen LogP contribution in [0.1, 0.15) is 31.3 Å². The summed E-state index contributed by atoms with van der Waals surface area (Å²) in [5, 5.41) is 5.20. The standard InChI is InChI=1S/C20H19N3O3S2/c1-26-19(25)17-16(14(12-21-17)11-15-9-6-10-28-15)22-20(27-2)23-18(24)13-7-4-3-5-8-13/h3-10,12,21H,11H2,1-2H3,(H,22,23,24). The normalized spacial score (nSPS) is 11.3. The van der Waals surface area contributed by atoms with Crippen molar-refractivity contribution < 1.29 is 14.3 Å². The summed E-state index contributed by atoms with van der Waals surface area (Å²) in [5.74, 6) is -0.769. The third-order valence-electron chi connectivity index (χ3n) is 3.93. The number of amidine groups is 1. The first-order chi connectivity index (χ1) is 13.6. The molecule has 0 aliphatic rings. The lowest BCUT2D eigenvalue weighted by molar-refractivity contribution is 0.0595. The summed E-state index contributed by atoms with van der Waals surface area (Å²) >= 11 is 2.92. The van der Waals surface area contributed by atoms with Crippen molar-refractivity contribution in [3.8, 4) is 0 Å². The molecule has 1 amide bonds. The highest BCUT2D eigenvalue weighted by atomic mass is 32.2. The lowest BCUT2D eigenvalue weighted by atomic mass is 10.1. The fourth-order valence-electron chi connectivity index (χ4n) is 2.56. The number of carbonyl (C=O) groups excluding carboxylic acids is 2. The lowest BCUT2D eigenvalue weighted by Gasteiger charge is -2.08. The molecule has 28 heavy (non-hydrogen) atoms. The summed E-state index contributed by atoms with van der Waals surface area (Å²) in [6.45, 7) is 0. The van der Waals surface area contributed by atoms with Gasteiger partial charge in [-0.3, -0.25) is 4.79 Å². The number of thiophene rings is 1. The minimum Gasteiger partial charge on any atom is -0.464 e. The summed E-state index contributed by atoms with van der Waals surface area (Å²) in [6, 6.07) is 12.9. The molecule has 1 aromatic carbocycles. The number of amides is 1. The Morgan fingerprint density at radius 3 is 2.64 bits per heavy atom. The Hall–Kier alpha value is -2.84. The minimum atomic E-state index is -0.508. The molecule has 0 radical (unpaired) electrons. The Balaban J connectivity index is 1.93.